The van der Waals surface area contributed by atoms with Crippen molar-refractivity contribution in [2.24, 2.45) is 11.0 Å². The highest BCUT2D eigenvalue weighted by Crippen LogP contribution is 2.38. The molecule has 1 aliphatic rings. The molecule has 0 saturated heterocycles. The third kappa shape index (κ3) is 9.41. The van der Waals surface area contributed by atoms with Gasteiger partial charge in [0.1, 0.15) is 5.60 Å². The topological polar surface area (TPSA) is 97.3 Å². The number of esters is 1. The van der Waals surface area contributed by atoms with E-state index < -0.39 is 29.5 Å². The van der Waals surface area contributed by atoms with Crippen LogP contribution >= 0.6 is 0 Å². The highest BCUT2D eigenvalue weighted by molar-refractivity contribution is 5.98. The molecule has 0 radical (unpaired) electrons. The van der Waals surface area contributed by atoms with E-state index in [0.717, 1.165) is 12.5 Å². The minimum absolute atomic E-state index is 0.0700. The molecule has 2 amide bonds. The molecule has 3 aromatic rings. The molecule has 0 saturated carbocycles. The predicted molar refractivity (Wildman–Crippen MR) is 163 cm³/mol. The van der Waals surface area contributed by atoms with E-state index in [2.05, 4.69) is 10.4 Å². The second-order valence-electron chi connectivity index (χ2n) is 11.8. The molecule has 1 aliphatic heterocycles. The number of hydrogen-bond acceptors (Lipinski definition) is 6. The number of anilines is 1. The Morgan fingerprint density at radius 2 is 1.67 bits per heavy atom. The first-order chi connectivity index (χ1) is 21.2. The van der Waals surface area contributed by atoms with E-state index in [0.29, 0.717) is 23.2 Å². The van der Waals surface area contributed by atoms with Crippen LogP contribution in [0.4, 0.5) is 18.9 Å². The molecule has 1 N–H and O–H groups in total. The summed E-state index contributed by atoms with van der Waals surface area (Å²) in [5, 5.41) is 8.18. The van der Waals surface area contributed by atoms with Crippen LogP contribution in [0.15, 0.2) is 84.0 Å². The Morgan fingerprint density at radius 3 is 2.31 bits per heavy atom. The Morgan fingerprint density at radius 1 is 0.978 bits per heavy atom. The summed E-state index contributed by atoms with van der Waals surface area (Å²) in [5.41, 5.74) is 1.91. The average molecular weight is 624 g/mol. The van der Waals surface area contributed by atoms with E-state index in [4.69, 9.17) is 9.47 Å². The molecule has 3 aromatic carbocycles. The molecule has 8 nitrogen and oxygen atoms in total. The Bertz CT molecular complexity index is 1530. The van der Waals surface area contributed by atoms with Gasteiger partial charge >= 0.3 is 12.1 Å². The Kier molecular flexibility index (Phi) is 10.3. The van der Waals surface area contributed by atoms with Gasteiger partial charge in [-0.25, -0.2) is 5.01 Å². The molecule has 0 fully saturated rings. The fourth-order valence-electron chi connectivity index (χ4n) is 4.77. The largest absolute Gasteiger partial charge is 0.466 e. The number of carbonyl (C=O) groups excluding carboxylic acids is 3. The number of carbonyl (C=O) groups is 3. The summed E-state index contributed by atoms with van der Waals surface area (Å²) in [5.74, 6) is -4.81. The summed E-state index contributed by atoms with van der Waals surface area (Å²) < 4.78 is 52.7. The number of benzene rings is 3. The van der Waals surface area contributed by atoms with Crippen LogP contribution in [-0.4, -0.2) is 47.1 Å². The molecule has 2 unspecified atom stereocenters. The molecule has 4 rings (SSSR count). The quantitative estimate of drug-likeness (QED) is 0.257. The van der Waals surface area contributed by atoms with Crippen LogP contribution in [-0.2, 0) is 36.8 Å². The summed E-state index contributed by atoms with van der Waals surface area (Å²) >= 11 is 0. The number of aryl methyl sites for hydroxylation is 1. The minimum atomic E-state index is -4.64. The molecule has 2 atom stereocenters. The normalized spacial score (nSPS) is 15.0. The van der Waals surface area contributed by atoms with Crippen molar-refractivity contribution in [3.05, 3.63) is 101 Å². The molecule has 45 heavy (non-hydrogen) atoms. The lowest BCUT2D eigenvalue weighted by molar-refractivity contribution is -0.178. The van der Waals surface area contributed by atoms with Gasteiger partial charge < -0.3 is 14.8 Å². The van der Waals surface area contributed by atoms with Crippen molar-refractivity contribution >= 4 is 29.4 Å². The highest BCUT2D eigenvalue weighted by atomic mass is 19.4. The van der Waals surface area contributed by atoms with Gasteiger partial charge in [-0.2, -0.15) is 13.2 Å². The maximum absolute atomic E-state index is 14.0. The number of nitrogens with zero attached hydrogens (tertiary/aromatic N) is 2. The number of nitrogens with one attached hydrogen (secondary N) is 1. The average Bonchev–Trinajstić information content (AvgIpc) is 2.97. The van der Waals surface area contributed by atoms with Crippen LogP contribution in [0.2, 0.25) is 0 Å². The van der Waals surface area contributed by atoms with Crippen molar-refractivity contribution in [1.82, 2.24) is 5.01 Å². The van der Waals surface area contributed by atoms with Crippen LogP contribution < -0.4 is 5.32 Å². The first-order valence-electron chi connectivity index (χ1n) is 14.5. The van der Waals surface area contributed by atoms with E-state index in [-0.39, 0.29) is 42.9 Å². The Balaban J connectivity index is 1.49. The minimum Gasteiger partial charge on any atom is -0.466 e. The van der Waals surface area contributed by atoms with Gasteiger partial charge in [-0.1, -0.05) is 61.5 Å². The lowest BCUT2D eigenvalue weighted by atomic mass is 9.85. The molecule has 0 aliphatic carbocycles. The molecule has 1 heterocycles. The summed E-state index contributed by atoms with van der Waals surface area (Å²) in [4.78, 5) is 37.9. The maximum Gasteiger partial charge on any atom is 0.392 e. The van der Waals surface area contributed by atoms with Crippen LogP contribution in [0.1, 0.15) is 62.3 Å². The van der Waals surface area contributed by atoms with Crippen molar-refractivity contribution in [3.8, 4) is 0 Å². The predicted octanol–water partition coefficient (Wildman–Crippen LogP) is 6.60. The SMILES string of the molecule is CC(C(C(=O)Nc1cccc(CCC(=O)OC(C)(C)C)c1)c1ccc(CN2N=C(c3ccccc3)OCC2=O)cc1)C(F)(F)F. The lowest BCUT2D eigenvalue weighted by Crippen LogP contribution is -2.36. The zero-order valence-corrected chi connectivity index (χ0v) is 25.6. The first-order valence-corrected chi connectivity index (χ1v) is 14.5. The summed E-state index contributed by atoms with van der Waals surface area (Å²) in [6, 6.07) is 21.8. The number of hydrazone groups is 1. The van der Waals surface area contributed by atoms with E-state index in [1.807, 2.05) is 18.2 Å². The molecule has 11 heteroatoms. The first kappa shape index (κ1) is 33.2. The molecule has 0 spiro atoms. The molecular formula is C34H36F3N3O5. The molecule has 0 bridgehead atoms. The van der Waals surface area contributed by atoms with E-state index in [1.165, 1.54) is 17.1 Å². The van der Waals surface area contributed by atoms with Gasteiger partial charge in [-0.3, -0.25) is 14.4 Å². The van der Waals surface area contributed by atoms with Gasteiger partial charge in [0.05, 0.1) is 18.4 Å². The van der Waals surface area contributed by atoms with E-state index >= 15 is 0 Å². The van der Waals surface area contributed by atoms with Gasteiger partial charge in [0.25, 0.3) is 5.91 Å². The smallest absolute Gasteiger partial charge is 0.392 e. The van der Waals surface area contributed by atoms with Crippen molar-refractivity contribution in [2.75, 3.05) is 11.9 Å². The second-order valence-corrected chi connectivity index (χ2v) is 11.8. The van der Waals surface area contributed by atoms with Crippen molar-refractivity contribution in [3.63, 3.8) is 0 Å². The number of amides is 2. The highest BCUT2D eigenvalue weighted by Gasteiger charge is 2.45. The third-order valence-electron chi connectivity index (χ3n) is 7.05. The van der Waals surface area contributed by atoms with Crippen LogP contribution in [0.5, 0.6) is 0 Å². The number of alkyl halides is 3. The van der Waals surface area contributed by atoms with Crippen molar-refractivity contribution in [2.45, 2.75) is 64.8 Å². The Labute approximate surface area is 260 Å². The lowest BCUT2D eigenvalue weighted by Gasteiger charge is -2.26. The Hall–Kier alpha value is -4.67. The monoisotopic (exact) mass is 623 g/mol. The van der Waals surface area contributed by atoms with Gasteiger partial charge in [0.2, 0.25) is 11.8 Å². The van der Waals surface area contributed by atoms with Gasteiger partial charge in [0, 0.05) is 17.7 Å². The van der Waals surface area contributed by atoms with Gasteiger partial charge in [-0.05, 0) is 68.1 Å². The molecule has 238 valence electrons. The van der Waals surface area contributed by atoms with Crippen LogP contribution in [0.25, 0.3) is 0 Å². The fraction of sp³-hybridized carbons (Fsp3) is 0.353. The molecule has 0 aromatic heterocycles. The third-order valence-corrected chi connectivity index (χ3v) is 7.05. The van der Waals surface area contributed by atoms with Gasteiger partial charge in [-0.15, -0.1) is 5.10 Å². The number of rotatable bonds is 10. The maximum atomic E-state index is 14.0. The van der Waals surface area contributed by atoms with Crippen LogP contribution in [0, 0.1) is 5.92 Å². The number of ether oxygens (including phenoxy) is 2. The second kappa shape index (κ2) is 14.0. The van der Waals surface area contributed by atoms with Crippen molar-refractivity contribution < 1.29 is 37.0 Å². The zero-order chi connectivity index (χ0) is 32.8. The van der Waals surface area contributed by atoms with Crippen LogP contribution in [0.3, 0.4) is 0 Å². The number of hydrogen-bond donors (Lipinski definition) is 1. The van der Waals surface area contributed by atoms with Gasteiger partial charge in [0.15, 0.2) is 6.61 Å². The van der Waals surface area contributed by atoms with E-state index in [9.17, 15) is 27.6 Å². The van der Waals surface area contributed by atoms with Crippen molar-refractivity contribution in [1.29, 1.82) is 0 Å². The molecular weight excluding hydrogens is 587 g/mol. The summed E-state index contributed by atoms with van der Waals surface area (Å²) in [6.07, 6.45) is -4.19. The standard InChI is InChI=1S/C34H36F3N3O5/c1-22(34(35,36)37)30(31(43)38-27-12-8-9-23(19-27)15-18-29(42)45-33(2,3)4)25-16-13-24(14-17-25)20-40-28(41)21-44-32(39-40)26-10-6-5-7-11-26/h5-14,16-17,19,22,30H,15,18,20-21H2,1-4H3,(H,38,43). The fourth-order valence-corrected chi connectivity index (χ4v) is 4.77. The summed E-state index contributed by atoms with van der Waals surface area (Å²) in [6.45, 7) is 6.16. The van der Waals surface area contributed by atoms with E-state index in [1.54, 1.807) is 69.3 Å². The zero-order valence-electron chi connectivity index (χ0n) is 25.6. The summed E-state index contributed by atoms with van der Waals surface area (Å²) in [7, 11) is 0. The number of halogens is 3.